The molecule has 6 rings (SSSR count). The molecular weight excluding hydrogens is 474 g/mol. The Morgan fingerprint density at radius 2 is 1.94 bits per heavy atom. The normalized spacial score (nSPS) is 16.2. The summed E-state index contributed by atoms with van der Waals surface area (Å²) in [6.07, 6.45) is 8.59. The van der Waals surface area contributed by atoms with Gasteiger partial charge in [0, 0.05) is 36.9 Å². The maximum atomic E-state index is 13.4. The number of nitrogens with zero attached hydrogens (tertiary/aromatic N) is 6. The number of rotatable bonds is 6. The van der Waals surface area contributed by atoms with Crippen molar-refractivity contribution in [3.8, 4) is 5.69 Å². The van der Waals surface area contributed by atoms with Gasteiger partial charge in [0.1, 0.15) is 5.39 Å². The molecule has 36 heavy (non-hydrogen) atoms. The highest BCUT2D eigenvalue weighted by atomic mass is 35.5. The second kappa shape index (κ2) is 9.37. The minimum absolute atomic E-state index is 0.278. The number of benzene rings is 2. The Kier molecular flexibility index (Phi) is 5.91. The molecule has 0 saturated carbocycles. The van der Waals surface area contributed by atoms with E-state index in [0.717, 1.165) is 18.7 Å². The molecule has 1 aliphatic rings. The van der Waals surface area contributed by atoms with Gasteiger partial charge >= 0.3 is 0 Å². The number of likely N-dealkylation sites (tertiary alicyclic amines) is 1. The second-order valence-electron chi connectivity index (χ2n) is 9.22. The zero-order valence-electron chi connectivity index (χ0n) is 19.9. The summed E-state index contributed by atoms with van der Waals surface area (Å²) in [4.78, 5) is 29.5. The van der Waals surface area contributed by atoms with Crippen molar-refractivity contribution in [2.75, 3.05) is 18.4 Å². The highest BCUT2D eigenvalue weighted by molar-refractivity contribution is 6.32. The van der Waals surface area contributed by atoms with Gasteiger partial charge in [-0.1, -0.05) is 35.9 Å². The maximum absolute atomic E-state index is 13.4. The number of hydrogen-bond acceptors (Lipinski definition) is 6. The number of fused-ring (bicyclic) bond motifs is 3. The van der Waals surface area contributed by atoms with Crippen molar-refractivity contribution in [3.63, 3.8) is 0 Å². The highest BCUT2D eigenvalue weighted by Gasteiger charge is 2.19. The smallest absolute Gasteiger partial charge is 0.270 e. The molecule has 1 aliphatic heterocycles. The van der Waals surface area contributed by atoms with Crippen LogP contribution in [0.1, 0.15) is 25.3 Å². The first kappa shape index (κ1) is 22.7. The summed E-state index contributed by atoms with van der Waals surface area (Å²) < 4.78 is 3.26. The second-order valence-corrected chi connectivity index (χ2v) is 9.63. The number of nitrogens with one attached hydrogen (secondary N) is 1. The van der Waals surface area contributed by atoms with Crippen molar-refractivity contribution in [3.05, 3.63) is 88.1 Å². The topological polar surface area (TPSA) is 80.4 Å². The quantitative estimate of drug-likeness (QED) is 0.359. The molecule has 5 aromatic rings. The van der Waals surface area contributed by atoms with E-state index in [1.165, 1.54) is 29.5 Å². The van der Waals surface area contributed by atoms with Crippen LogP contribution in [0.25, 0.3) is 22.5 Å². The van der Waals surface area contributed by atoms with E-state index in [4.69, 9.17) is 11.6 Å². The lowest BCUT2D eigenvalue weighted by molar-refractivity contribution is 0.272. The van der Waals surface area contributed by atoms with Crippen molar-refractivity contribution < 1.29 is 0 Å². The summed E-state index contributed by atoms with van der Waals surface area (Å²) in [6, 6.07) is 16.2. The van der Waals surface area contributed by atoms with Gasteiger partial charge in [0.25, 0.3) is 5.56 Å². The number of hydrogen-bond donors (Lipinski definition) is 1. The third-order valence-electron chi connectivity index (χ3n) is 6.93. The van der Waals surface area contributed by atoms with Crippen molar-refractivity contribution in [1.82, 2.24) is 28.8 Å². The summed E-state index contributed by atoms with van der Waals surface area (Å²) in [5.74, 6) is 0.841. The van der Waals surface area contributed by atoms with E-state index in [1.807, 2.05) is 24.3 Å². The molecule has 4 heterocycles. The van der Waals surface area contributed by atoms with E-state index >= 15 is 0 Å². The number of para-hydroxylation sites is 1. The molecule has 3 aromatic heterocycles. The van der Waals surface area contributed by atoms with Crippen molar-refractivity contribution in [1.29, 1.82) is 0 Å². The molecule has 1 atom stereocenters. The highest BCUT2D eigenvalue weighted by Crippen LogP contribution is 2.23. The zero-order chi connectivity index (χ0) is 24.6. The van der Waals surface area contributed by atoms with Crippen LogP contribution in [0.15, 0.2) is 71.9 Å². The average molecular weight is 500 g/mol. The summed E-state index contributed by atoms with van der Waals surface area (Å²) in [7, 11) is 0. The average Bonchev–Trinajstić information content (AvgIpc) is 3.54. The Bertz CT molecular complexity index is 1610. The van der Waals surface area contributed by atoms with Crippen LogP contribution >= 0.6 is 11.6 Å². The maximum Gasteiger partial charge on any atom is 0.270 e. The SMILES string of the molecule is C[C@@H]1CCCN1CCc1ccc(Nc2ncc3c(=O)n(-c4ccccc4Cl)c4nccn4c3n2)cc1. The molecule has 1 N–H and O–H groups in total. The van der Waals surface area contributed by atoms with Crippen LogP contribution in [-0.2, 0) is 6.42 Å². The largest absolute Gasteiger partial charge is 0.324 e. The van der Waals surface area contributed by atoms with Crippen LogP contribution < -0.4 is 10.9 Å². The molecular formula is C27H26ClN7O. The predicted molar refractivity (Wildman–Crippen MR) is 143 cm³/mol. The van der Waals surface area contributed by atoms with Gasteiger partial charge in [-0.2, -0.15) is 4.98 Å². The van der Waals surface area contributed by atoms with Gasteiger partial charge in [-0.15, -0.1) is 0 Å². The molecule has 8 nitrogen and oxygen atoms in total. The number of halogens is 1. The molecule has 0 aliphatic carbocycles. The summed E-state index contributed by atoms with van der Waals surface area (Å²) in [5.41, 5.74) is 2.95. The van der Waals surface area contributed by atoms with Gasteiger partial charge < -0.3 is 10.2 Å². The lowest BCUT2D eigenvalue weighted by Crippen LogP contribution is -2.28. The Balaban J connectivity index is 1.28. The Morgan fingerprint density at radius 3 is 2.72 bits per heavy atom. The van der Waals surface area contributed by atoms with E-state index < -0.39 is 0 Å². The molecule has 1 fully saturated rings. The van der Waals surface area contributed by atoms with E-state index in [1.54, 1.807) is 35.1 Å². The molecule has 0 amide bonds. The number of anilines is 2. The van der Waals surface area contributed by atoms with E-state index in [0.29, 0.717) is 39.5 Å². The standard InChI is InChI=1S/C27H26ClN7O/c1-18-5-4-14-33(18)15-12-19-8-10-20(11-9-19)31-26-30-17-21-24(32-26)34-16-13-29-27(34)35(25(21)36)23-7-3-2-6-22(23)28/h2-3,6-11,13,16-18H,4-5,12,14-15H2,1H3,(H,30,31,32)/t18-/m1/s1. The molecule has 0 spiro atoms. The Labute approximate surface area is 213 Å². The molecule has 2 aromatic carbocycles. The van der Waals surface area contributed by atoms with Gasteiger partial charge in [-0.05, 0) is 62.6 Å². The van der Waals surface area contributed by atoms with Crippen LogP contribution in [0, 0.1) is 0 Å². The van der Waals surface area contributed by atoms with Crippen LogP contribution in [0.3, 0.4) is 0 Å². The van der Waals surface area contributed by atoms with Crippen LogP contribution in [-0.4, -0.2) is 48.0 Å². The summed E-state index contributed by atoms with van der Waals surface area (Å²) in [6.45, 7) is 4.61. The summed E-state index contributed by atoms with van der Waals surface area (Å²) >= 11 is 6.39. The lowest BCUT2D eigenvalue weighted by atomic mass is 10.1. The Morgan fingerprint density at radius 1 is 1.11 bits per heavy atom. The first-order chi connectivity index (χ1) is 17.6. The monoisotopic (exact) mass is 499 g/mol. The fourth-order valence-electron chi connectivity index (χ4n) is 4.94. The van der Waals surface area contributed by atoms with Crippen LogP contribution in [0.5, 0.6) is 0 Å². The van der Waals surface area contributed by atoms with Gasteiger partial charge in [0.15, 0.2) is 5.65 Å². The molecule has 9 heteroatoms. The number of imidazole rings is 1. The minimum Gasteiger partial charge on any atom is -0.324 e. The molecule has 0 radical (unpaired) electrons. The van der Waals surface area contributed by atoms with Crippen molar-refractivity contribution in [2.45, 2.75) is 32.2 Å². The van der Waals surface area contributed by atoms with Crippen LogP contribution in [0.2, 0.25) is 5.02 Å². The van der Waals surface area contributed by atoms with E-state index in [9.17, 15) is 4.79 Å². The Hall–Kier alpha value is -3.75. The molecule has 1 saturated heterocycles. The first-order valence-corrected chi connectivity index (χ1v) is 12.6. The third-order valence-corrected chi connectivity index (χ3v) is 7.25. The fraction of sp³-hybridized carbons (Fsp3) is 0.259. The number of aromatic nitrogens is 5. The molecule has 182 valence electrons. The van der Waals surface area contributed by atoms with E-state index in [-0.39, 0.29) is 5.56 Å². The molecule has 0 unspecified atom stereocenters. The molecule has 0 bridgehead atoms. The predicted octanol–water partition coefficient (Wildman–Crippen LogP) is 4.85. The third kappa shape index (κ3) is 4.12. The van der Waals surface area contributed by atoms with Gasteiger partial charge in [0.05, 0.1) is 10.7 Å². The zero-order valence-corrected chi connectivity index (χ0v) is 20.7. The minimum atomic E-state index is -0.278. The van der Waals surface area contributed by atoms with Crippen molar-refractivity contribution >= 4 is 40.0 Å². The first-order valence-electron chi connectivity index (χ1n) is 12.2. The van der Waals surface area contributed by atoms with Gasteiger partial charge in [-0.3, -0.25) is 9.20 Å². The van der Waals surface area contributed by atoms with Crippen LogP contribution in [0.4, 0.5) is 11.6 Å². The lowest BCUT2D eigenvalue weighted by Gasteiger charge is -2.20. The van der Waals surface area contributed by atoms with Gasteiger partial charge in [-0.25, -0.2) is 14.5 Å². The van der Waals surface area contributed by atoms with Gasteiger partial charge in [0.2, 0.25) is 11.7 Å². The van der Waals surface area contributed by atoms with E-state index in [2.05, 4.69) is 44.2 Å². The summed E-state index contributed by atoms with van der Waals surface area (Å²) in [5, 5.41) is 4.10. The fourth-order valence-corrected chi connectivity index (χ4v) is 5.16. The van der Waals surface area contributed by atoms with Crippen molar-refractivity contribution in [2.24, 2.45) is 0 Å².